The summed E-state index contributed by atoms with van der Waals surface area (Å²) in [5, 5.41) is 10.9. The largest absolute Gasteiger partial charge is 0.496 e. The van der Waals surface area contributed by atoms with Crippen molar-refractivity contribution in [1.82, 2.24) is 4.90 Å². The molecule has 0 unspecified atom stereocenters. The van der Waals surface area contributed by atoms with Gasteiger partial charge in [0.25, 0.3) is 0 Å². The molecule has 118 valence electrons. The molecule has 0 amide bonds. The van der Waals surface area contributed by atoms with E-state index < -0.39 is 6.10 Å². The maximum absolute atomic E-state index is 10.9. The molecule has 1 N–H and O–H groups in total. The topological polar surface area (TPSA) is 32.7 Å². The van der Waals surface area contributed by atoms with E-state index >= 15 is 0 Å². The zero-order valence-corrected chi connectivity index (χ0v) is 13.3. The fraction of sp³-hybridized carbons (Fsp3) is 0.300. The molecule has 0 spiro atoms. The smallest absolute Gasteiger partial charge is 0.126 e. The van der Waals surface area contributed by atoms with Gasteiger partial charge in [-0.3, -0.25) is 4.90 Å². The van der Waals surface area contributed by atoms with E-state index in [2.05, 4.69) is 41.3 Å². The third-order valence-corrected chi connectivity index (χ3v) is 5.00. The van der Waals surface area contributed by atoms with Gasteiger partial charge in [0.05, 0.1) is 19.3 Å². The summed E-state index contributed by atoms with van der Waals surface area (Å²) in [5.74, 6) is 0.820. The Bertz CT molecular complexity index is 753. The maximum atomic E-state index is 10.9. The monoisotopic (exact) mass is 307 g/mol. The van der Waals surface area contributed by atoms with Crippen molar-refractivity contribution in [3.05, 3.63) is 70.8 Å². The van der Waals surface area contributed by atoms with Gasteiger partial charge in [-0.25, -0.2) is 0 Å². The van der Waals surface area contributed by atoms with Crippen LogP contribution in [0.2, 0.25) is 0 Å². The minimum Gasteiger partial charge on any atom is -0.496 e. The van der Waals surface area contributed by atoms with Crippen molar-refractivity contribution in [3.8, 4) is 5.75 Å². The molecule has 1 aliphatic carbocycles. The third kappa shape index (κ3) is 2.46. The first-order valence-corrected chi connectivity index (χ1v) is 8.12. The van der Waals surface area contributed by atoms with Gasteiger partial charge in [0.15, 0.2) is 0 Å². The van der Waals surface area contributed by atoms with E-state index in [9.17, 15) is 5.11 Å². The fourth-order valence-corrected chi connectivity index (χ4v) is 3.75. The van der Waals surface area contributed by atoms with Crippen LogP contribution in [0.15, 0.2) is 48.5 Å². The van der Waals surface area contributed by atoms with E-state index in [4.69, 9.17) is 4.74 Å². The highest BCUT2D eigenvalue weighted by molar-refractivity contribution is 5.65. The van der Waals surface area contributed by atoms with Gasteiger partial charge < -0.3 is 9.84 Å². The molecule has 2 aromatic rings. The molecular weight excluding hydrogens is 286 g/mol. The van der Waals surface area contributed by atoms with Crippen molar-refractivity contribution in [3.63, 3.8) is 0 Å². The summed E-state index contributed by atoms with van der Waals surface area (Å²) in [7, 11) is 1.67. The van der Waals surface area contributed by atoms with Crippen LogP contribution in [0.3, 0.4) is 0 Å². The fourth-order valence-electron chi connectivity index (χ4n) is 3.75. The molecule has 0 fully saturated rings. The summed E-state index contributed by atoms with van der Waals surface area (Å²) in [6.07, 6.45) is 4.73. The maximum Gasteiger partial charge on any atom is 0.126 e. The Morgan fingerprint density at radius 2 is 1.91 bits per heavy atom. The molecule has 2 aromatic carbocycles. The number of aliphatic hydroxyl groups is 1. The molecule has 0 aromatic heterocycles. The lowest BCUT2D eigenvalue weighted by Crippen LogP contribution is -2.42. The second kappa shape index (κ2) is 5.84. The zero-order valence-electron chi connectivity index (χ0n) is 13.3. The lowest BCUT2D eigenvalue weighted by molar-refractivity contribution is 0.0640. The molecule has 2 aliphatic rings. The van der Waals surface area contributed by atoms with Gasteiger partial charge in [-0.05, 0) is 29.2 Å². The Balaban J connectivity index is 1.63. The Morgan fingerprint density at radius 1 is 1.09 bits per heavy atom. The number of nitrogens with zero attached hydrogens (tertiary/aromatic N) is 1. The van der Waals surface area contributed by atoms with E-state index in [1.165, 1.54) is 11.1 Å². The summed E-state index contributed by atoms with van der Waals surface area (Å²) in [4.78, 5) is 2.37. The molecule has 3 heteroatoms. The van der Waals surface area contributed by atoms with Gasteiger partial charge in [-0.15, -0.1) is 0 Å². The minimum atomic E-state index is -0.518. The molecule has 0 saturated heterocycles. The number of aliphatic hydroxyl groups excluding tert-OH is 1. The Labute approximate surface area is 136 Å². The van der Waals surface area contributed by atoms with E-state index in [0.717, 1.165) is 36.4 Å². The van der Waals surface area contributed by atoms with Crippen molar-refractivity contribution in [2.75, 3.05) is 13.7 Å². The highest BCUT2D eigenvalue weighted by Crippen LogP contribution is 2.37. The van der Waals surface area contributed by atoms with Crippen LogP contribution in [0.1, 0.15) is 28.4 Å². The number of methoxy groups -OCH3 is 1. The quantitative estimate of drug-likeness (QED) is 0.925. The SMILES string of the molecule is COc1cccc2c1C=C[C@H](N1CCc3ccccc3C1)[C@H]2O. The molecule has 2 atom stereocenters. The highest BCUT2D eigenvalue weighted by Gasteiger charge is 2.32. The normalized spacial score (nSPS) is 23.2. The first-order valence-electron chi connectivity index (χ1n) is 8.12. The molecule has 0 saturated carbocycles. The number of rotatable bonds is 2. The molecule has 3 nitrogen and oxygen atoms in total. The van der Waals surface area contributed by atoms with Crippen molar-refractivity contribution in [1.29, 1.82) is 0 Å². The molecule has 0 radical (unpaired) electrons. The summed E-state index contributed by atoms with van der Waals surface area (Å²) in [5.41, 5.74) is 4.75. The molecule has 1 heterocycles. The number of fused-ring (bicyclic) bond motifs is 2. The molecular formula is C20H21NO2. The van der Waals surface area contributed by atoms with Crippen molar-refractivity contribution in [2.45, 2.75) is 25.1 Å². The summed E-state index contributed by atoms with van der Waals surface area (Å²) in [6, 6.07) is 14.5. The number of hydrogen-bond acceptors (Lipinski definition) is 3. The molecule has 0 bridgehead atoms. The second-order valence-electron chi connectivity index (χ2n) is 6.25. The number of benzene rings is 2. The van der Waals surface area contributed by atoms with Crippen LogP contribution in [0, 0.1) is 0 Å². The third-order valence-electron chi connectivity index (χ3n) is 5.00. The number of ether oxygens (including phenoxy) is 1. The average molecular weight is 307 g/mol. The molecule has 1 aliphatic heterocycles. The van der Waals surface area contributed by atoms with E-state index in [1.807, 2.05) is 18.2 Å². The first kappa shape index (κ1) is 14.5. The predicted octanol–water partition coefficient (Wildman–Crippen LogP) is 3.18. The first-order chi connectivity index (χ1) is 11.3. The van der Waals surface area contributed by atoms with Gasteiger partial charge in [0.2, 0.25) is 0 Å². The molecule has 4 rings (SSSR count). The van der Waals surface area contributed by atoms with E-state index in [-0.39, 0.29) is 6.04 Å². The predicted molar refractivity (Wildman–Crippen MR) is 91.3 cm³/mol. The van der Waals surface area contributed by atoms with Crippen molar-refractivity contribution in [2.24, 2.45) is 0 Å². The summed E-state index contributed by atoms with van der Waals surface area (Å²) < 4.78 is 5.41. The average Bonchev–Trinajstić information content (AvgIpc) is 2.61. The second-order valence-corrected chi connectivity index (χ2v) is 6.25. The van der Waals surface area contributed by atoms with Crippen molar-refractivity contribution < 1.29 is 9.84 Å². The molecule has 23 heavy (non-hydrogen) atoms. The van der Waals surface area contributed by atoms with Gasteiger partial charge >= 0.3 is 0 Å². The lowest BCUT2D eigenvalue weighted by atomic mass is 9.88. The Kier molecular flexibility index (Phi) is 3.68. The van der Waals surface area contributed by atoms with Crippen LogP contribution in [-0.2, 0) is 13.0 Å². The highest BCUT2D eigenvalue weighted by atomic mass is 16.5. The van der Waals surface area contributed by atoms with Crippen LogP contribution in [0.25, 0.3) is 6.08 Å². The van der Waals surface area contributed by atoms with Crippen LogP contribution in [0.5, 0.6) is 5.75 Å². The van der Waals surface area contributed by atoms with Crippen LogP contribution in [0.4, 0.5) is 0 Å². The zero-order chi connectivity index (χ0) is 15.8. The van der Waals surface area contributed by atoms with Crippen LogP contribution < -0.4 is 4.74 Å². The summed E-state index contributed by atoms with van der Waals surface area (Å²) >= 11 is 0. The Morgan fingerprint density at radius 3 is 2.74 bits per heavy atom. The number of hydrogen-bond donors (Lipinski definition) is 1. The van der Waals surface area contributed by atoms with Crippen LogP contribution in [-0.4, -0.2) is 29.7 Å². The standard InChI is InChI=1S/C20H21NO2/c1-23-19-8-4-7-17-16(19)9-10-18(20(17)22)21-12-11-14-5-2-3-6-15(14)13-21/h2-10,18,20,22H,11-13H2,1H3/t18-,20-/m0/s1. The van der Waals surface area contributed by atoms with Crippen molar-refractivity contribution >= 4 is 6.08 Å². The Hall–Kier alpha value is -2.10. The minimum absolute atomic E-state index is 0.0166. The lowest BCUT2D eigenvalue weighted by Gasteiger charge is -2.38. The van der Waals surface area contributed by atoms with E-state index in [0.29, 0.717) is 0 Å². The summed E-state index contributed by atoms with van der Waals surface area (Å²) in [6.45, 7) is 1.87. The van der Waals surface area contributed by atoms with E-state index in [1.54, 1.807) is 7.11 Å². The van der Waals surface area contributed by atoms with Gasteiger partial charge in [0, 0.05) is 18.7 Å². The van der Waals surface area contributed by atoms with Gasteiger partial charge in [-0.1, -0.05) is 48.6 Å². The van der Waals surface area contributed by atoms with Crippen LogP contribution >= 0.6 is 0 Å². The van der Waals surface area contributed by atoms with Gasteiger partial charge in [0.1, 0.15) is 5.75 Å². The van der Waals surface area contributed by atoms with Gasteiger partial charge in [-0.2, -0.15) is 0 Å².